The molecule has 20 heavy (non-hydrogen) atoms. The first-order valence-electron chi connectivity index (χ1n) is 5.60. The average Bonchev–Trinajstić information content (AvgIpc) is 2.40. The molecule has 0 aromatic rings. The Kier molecular flexibility index (Phi) is 7.14. The predicted molar refractivity (Wildman–Crippen MR) is 64.2 cm³/mol. The molecule has 2 heterocycles. The molecule has 0 saturated heterocycles. The van der Waals surface area contributed by atoms with Crippen LogP contribution >= 0.6 is 0 Å². The van der Waals surface area contributed by atoms with Crippen molar-refractivity contribution in [3.63, 3.8) is 0 Å². The fourth-order valence-corrected chi connectivity index (χ4v) is 1.33. The van der Waals surface area contributed by atoms with Crippen molar-refractivity contribution in [2.24, 2.45) is 0 Å². The zero-order valence-electron chi connectivity index (χ0n) is 11.9. The van der Waals surface area contributed by atoms with E-state index in [-0.39, 0.29) is 31.0 Å². The van der Waals surface area contributed by atoms with Crippen LogP contribution in [0.2, 0.25) is 0 Å². The number of carbonyl (C=O) groups is 2. The molecule has 0 aromatic heterocycles. The van der Waals surface area contributed by atoms with Gasteiger partial charge in [-0.2, -0.15) is 0 Å². The molecule has 2 unspecified atom stereocenters. The number of rotatable bonds is 4. The van der Waals surface area contributed by atoms with Crippen LogP contribution in [-0.2, 0) is 28.5 Å². The number of ether oxygens (including phenoxy) is 4. The minimum absolute atomic E-state index is 0. The van der Waals surface area contributed by atoms with Crippen molar-refractivity contribution in [2.45, 2.75) is 19.0 Å². The van der Waals surface area contributed by atoms with Crippen LogP contribution in [0.3, 0.4) is 0 Å². The summed E-state index contributed by atoms with van der Waals surface area (Å²) in [6.45, 7) is 0. The van der Waals surface area contributed by atoms with Crippen molar-refractivity contribution in [3.8, 4) is 0 Å². The molecule has 0 amide bonds. The fraction of sp³-hybridized carbons (Fsp3) is 0.231. The molecule has 0 bridgehead atoms. The van der Waals surface area contributed by atoms with Crippen LogP contribution in [0.1, 0.15) is 7.85 Å². The number of allylic oxidation sites excluding steroid dienone is 4. The van der Waals surface area contributed by atoms with Gasteiger partial charge in [0.2, 0.25) is 0 Å². The van der Waals surface area contributed by atoms with Crippen LogP contribution in [-0.4, -0.2) is 24.5 Å². The van der Waals surface area contributed by atoms with Gasteiger partial charge in [-0.15, -0.1) is 0 Å². The SMILES string of the molecule is O=C(CC(=O)OC1C=CC=CO1)OC1C=CC=CO1.[H-].[Na+]. The van der Waals surface area contributed by atoms with Gasteiger partial charge in [0.15, 0.2) is 0 Å². The minimum atomic E-state index is -0.806. The summed E-state index contributed by atoms with van der Waals surface area (Å²) in [6.07, 6.45) is 10.4. The summed E-state index contributed by atoms with van der Waals surface area (Å²) < 4.78 is 19.7. The second kappa shape index (κ2) is 8.63. The molecule has 2 aliphatic heterocycles. The van der Waals surface area contributed by atoms with Gasteiger partial charge >= 0.3 is 41.5 Å². The molecule has 6 nitrogen and oxygen atoms in total. The van der Waals surface area contributed by atoms with E-state index in [2.05, 4.69) is 0 Å². The number of esters is 2. The third-order valence-electron chi connectivity index (χ3n) is 2.13. The molecule has 2 aliphatic rings. The van der Waals surface area contributed by atoms with E-state index in [1.807, 2.05) is 0 Å². The Bertz CT molecular complexity index is 429. The summed E-state index contributed by atoms with van der Waals surface area (Å²) in [7, 11) is 0. The molecule has 0 saturated carbocycles. The quantitative estimate of drug-likeness (QED) is 0.354. The van der Waals surface area contributed by atoms with Gasteiger partial charge in [0.1, 0.15) is 6.42 Å². The van der Waals surface area contributed by atoms with E-state index in [4.69, 9.17) is 18.9 Å². The summed E-state index contributed by atoms with van der Waals surface area (Å²) in [5.74, 6) is -1.46. The molecule has 0 radical (unpaired) electrons. The van der Waals surface area contributed by atoms with E-state index < -0.39 is 30.9 Å². The number of hydrogen-bond acceptors (Lipinski definition) is 6. The number of carbonyl (C=O) groups excluding carboxylic acids is 2. The molecule has 2 rings (SSSR count). The van der Waals surface area contributed by atoms with Crippen LogP contribution < -0.4 is 29.6 Å². The van der Waals surface area contributed by atoms with Gasteiger partial charge in [0.05, 0.1) is 12.5 Å². The van der Waals surface area contributed by atoms with Crippen molar-refractivity contribution < 1.29 is 59.5 Å². The molecule has 7 heteroatoms. The van der Waals surface area contributed by atoms with E-state index in [0.717, 1.165) is 0 Å². The molecule has 0 spiro atoms. The minimum Gasteiger partial charge on any atom is -1.00 e. The normalized spacial score (nSPS) is 22.2. The van der Waals surface area contributed by atoms with Gasteiger partial charge in [-0.3, -0.25) is 9.59 Å². The zero-order valence-corrected chi connectivity index (χ0v) is 12.9. The van der Waals surface area contributed by atoms with Crippen molar-refractivity contribution in [3.05, 3.63) is 49.0 Å². The Balaban J connectivity index is 0.00000200. The molecular weight excluding hydrogens is 275 g/mol. The standard InChI is InChI=1S/C13H12O6.Na.H/c14-10(18-12-5-1-3-7-16-12)9-11(15)19-13-6-2-4-8-17-13;;/h1-8,12-13H,9H2;;/q;+1;-1. The van der Waals surface area contributed by atoms with E-state index in [1.54, 1.807) is 36.5 Å². The number of hydrogen-bond donors (Lipinski definition) is 0. The predicted octanol–water partition coefficient (Wildman–Crippen LogP) is -1.57. The fourth-order valence-electron chi connectivity index (χ4n) is 1.33. The van der Waals surface area contributed by atoms with E-state index in [9.17, 15) is 9.59 Å². The molecule has 0 N–H and O–H groups in total. The maximum Gasteiger partial charge on any atom is 1.00 e. The summed E-state index contributed by atoms with van der Waals surface area (Å²) >= 11 is 0. The maximum atomic E-state index is 11.4. The van der Waals surface area contributed by atoms with Crippen LogP contribution in [0, 0.1) is 0 Å². The monoisotopic (exact) mass is 288 g/mol. The second-order valence-corrected chi connectivity index (χ2v) is 3.59. The van der Waals surface area contributed by atoms with Gasteiger partial charge in [0, 0.05) is 0 Å². The smallest absolute Gasteiger partial charge is 1.00 e. The van der Waals surface area contributed by atoms with Gasteiger partial charge in [-0.05, 0) is 24.3 Å². The molecule has 102 valence electrons. The van der Waals surface area contributed by atoms with Gasteiger partial charge < -0.3 is 20.4 Å². The van der Waals surface area contributed by atoms with E-state index in [0.29, 0.717) is 0 Å². The maximum absolute atomic E-state index is 11.4. The van der Waals surface area contributed by atoms with Crippen LogP contribution in [0.25, 0.3) is 0 Å². The Labute approximate surface area is 139 Å². The first kappa shape index (κ1) is 16.6. The van der Waals surface area contributed by atoms with Crippen molar-refractivity contribution >= 4 is 11.9 Å². The van der Waals surface area contributed by atoms with Crippen LogP contribution in [0.4, 0.5) is 0 Å². The molecular formula is C13H13NaO6. The van der Waals surface area contributed by atoms with Gasteiger partial charge in [-0.25, -0.2) is 0 Å². The Morgan fingerprint density at radius 1 is 0.900 bits per heavy atom. The molecule has 0 fully saturated rings. The van der Waals surface area contributed by atoms with Crippen molar-refractivity contribution in [2.75, 3.05) is 0 Å². The summed E-state index contributed by atoms with van der Waals surface area (Å²) in [4.78, 5) is 22.9. The summed E-state index contributed by atoms with van der Waals surface area (Å²) in [5, 5.41) is 0. The van der Waals surface area contributed by atoms with E-state index >= 15 is 0 Å². The van der Waals surface area contributed by atoms with E-state index in [1.165, 1.54) is 12.5 Å². The topological polar surface area (TPSA) is 71.1 Å². The molecule has 0 aromatic carbocycles. The molecule has 0 aliphatic carbocycles. The Morgan fingerprint density at radius 3 is 1.70 bits per heavy atom. The van der Waals surface area contributed by atoms with Crippen LogP contribution in [0.5, 0.6) is 0 Å². The second-order valence-electron chi connectivity index (χ2n) is 3.59. The van der Waals surface area contributed by atoms with Crippen molar-refractivity contribution in [1.29, 1.82) is 0 Å². The Morgan fingerprint density at radius 2 is 1.35 bits per heavy atom. The third-order valence-corrected chi connectivity index (χ3v) is 2.13. The van der Waals surface area contributed by atoms with Gasteiger partial charge in [-0.1, -0.05) is 12.2 Å². The molecule has 2 atom stereocenters. The zero-order chi connectivity index (χ0) is 13.5. The largest absolute Gasteiger partial charge is 1.00 e. The summed E-state index contributed by atoms with van der Waals surface area (Å²) in [5.41, 5.74) is 0. The van der Waals surface area contributed by atoms with Crippen molar-refractivity contribution in [1.82, 2.24) is 0 Å². The average molecular weight is 288 g/mol. The first-order valence-corrected chi connectivity index (χ1v) is 5.60. The van der Waals surface area contributed by atoms with Crippen LogP contribution in [0.15, 0.2) is 49.0 Å². The summed E-state index contributed by atoms with van der Waals surface area (Å²) in [6, 6.07) is 0. The Hall–Kier alpha value is -1.50. The van der Waals surface area contributed by atoms with Gasteiger partial charge in [0.25, 0.3) is 12.6 Å². The first-order chi connectivity index (χ1) is 9.24. The third kappa shape index (κ3) is 5.64.